The first kappa shape index (κ1) is 23.9. The number of non-ortho nitro benzene ring substituents is 1. The second-order valence-corrected chi connectivity index (χ2v) is 8.06. The third-order valence-electron chi connectivity index (χ3n) is 4.42. The van der Waals surface area contributed by atoms with Gasteiger partial charge in [-0.25, -0.2) is 4.79 Å². The fourth-order valence-corrected chi connectivity index (χ4v) is 3.00. The molecule has 0 radical (unpaired) electrons. The summed E-state index contributed by atoms with van der Waals surface area (Å²) in [5.41, 5.74) is -0.613. The number of carbonyl (C=O) groups is 3. The Morgan fingerprint density at radius 3 is 2.61 bits per heavy atom. The van der Waals surface area contributed by atoms with Crippen molar-refractivity contribution in [2.45, 2.75) is 39.2 Å². The zero-order chi connectivity index (χ0) is 23.2. The third kappa shape index (κ3) is 7.12. The zero-order valence-corrected chi connectivity index (χ0v) is 18.0. The third-order valence-corrected chi connectivity index (χ3v) is 4.42. The van der Waals surface area contributed by atoms with Crippen LogP contribution in [0.5, 0.6) is 5.75 Å². The Kier molecular flexibility index (Phi) is 7.78. The number of rotatable bonds is 6. The maximum Gasteiger partial charge on any atom is 0.410 e. The molecule has 0 aromatic heterocycles. The minimum Gasteiger partial charge on any atom is -0.494 e. The number of benzene rings is 1. The molecule has 1 aromatic rings. The highest BCUT2D eigenvalue weighted by Gasteiger charge is 2.32. The van der Waals surface area contributed by atoms with E-state index in [2.05, 4.69) is 5.32 Å². The lowest BCUT2D eigenvalue weighted by molar-refractivity contribution is -0.384. The van der Waals surface area contributed by atoms with Gasteiger partial charge in [0.25, 0.3) is 11.6 Å². The predicted molar refractivity (Wildman–Crippen MR) is 110 cm³/mol. The molecule has 1 saturated heterocycles. The predicted octanol–water partition coefficient (Wildman–Crippen LogP) is 2.73. The van der Waals surface area contributed by atoms with E-state index >= 15 is 0 Å². The van der Waals surface area contributed by atoms with Gasteiger partial charge in [0, 0.05) is 19.2 Å². The molecular formula is C20H27N3O8. The van der Waals surface area contributed by atoms with Gasteiger partial charge < -0.3 is 24.4 Å². The Labute approximate surface area is 179 Å². The van der Waals surface area contributed by atoms with Gasteiger partial charge in [0.1, 0.15) is 11.4 Å². The van der Waals surface area contributed by atoms with Crippen LogP contribution < -0.4 is 10.1 Å². The number of nitro benzene ring substituents is 1. The molecule has 2 amide bonds. The first-order valence-electron chi connectivity index (χ1n) is 9.77. The minimum atomic E-state index is -0.637. The van der Waals surface area contributed by atoms with Gasteiger partial charge in [0.2, 0.25) is 0 Å². The van der Waals surface area contributed by atoms with Crippen LogP contribution in [0.25, 0.3) is 0 Å². The Morgan fingerprint density at radius 1 is 1.29 bits per heavy atom. The number of nitrogens with one attached hydrogen (secondary N) is 1. The van der Waals surface area contributed by atoms with Gasteiger partial charge in [-0.3, -0.25) is 19.7 Å². The topological polar surface area (TPSA) is 137 Å². The maximum absolute atomic E-state index is 12.4. The van der Waals surface area contributed by atoms with E-state index < -0.39 is 41.0 Å². The molecule has 1 aliphatic heterocycles. The average molecular weight is 437 g/mol. The normalized spacial score (nSPS) is 16.3. The number of methoxy groups -OCH3 is 1. The van der Waals surface area contributed by atoms with Crippen LogP contribution in [0.4, 0.5) is 16.2 Å². The minimum absolute atomic E-state index is 0.106. The molecule has 1 atom stereocenters. The van der Waals surface area contributed by atoms with Crippen LogP contribution >= 0.6 is 0 Å². The number of hydrogen-bond acceptors (Lipinski definition) is 8. The largest absolute Gasteiger partial charge is 0.494 e. The molecule has 1 aliphatic rings. The van der Waals surface area contributed by atoms with Gasteiger partial charge in [-0.1, -0.05) is 0 Å². The fourth-order valence-electron chi connectivity index (χ4n) is 3.00. The van der Waals surface area contributed by atoms with Crippen molar-refractivity contribution in [3.8, 4) is 5.75 Å². The van der Waals surface area contributed by atoms with E-state index in [1.54, 1.807) is 20.8 Å². The lowest BCUT2D eigenvalue weighted by atomic mass is 9.98. The van der Waals surface area contributed by atoms with Crippen LogP contribution in [-0.2, 0) is 19.1 Å². The van der Waals surface area contributed by atoms with E-state index in [0.29, 0.717) is 19.4 Å². The summed E-state index contributed by atoms with van der Waals surface area (Å²) >= 11 is 0. The number of amides is 2. The Hall–Kier alpha value is -3.37. The van der Waals surface area contributed by atoms with Crippen molar-refractivity contribution >= 4 is 29.3 Å². The van der Waals surface area contributed by atoms with Crippen molar-refractivity contribution in [3.05, 3.63) is 28.3 Å². The van der Waals surface area contributed by atoms with Crippen molar-refractivity contribution < 1.29 is 33.5 Å². The number of piperidine rings is 1. The summed E-state index contributed by atoms with van der Waals surface area (Å²) in [5.74, 6) is -1.66. The summed E-state index contributed by atoms with van der Waals surface area (Å²) in [6, 6.07) is 3.73. The van der Waals surface area contributed by atoms with Crippen molar-refractivity contribution in [2.24, 2.45) is 5.92 Å². The number of ether oxygens (including phenoxy) is 3. The fraction of sp³-hybridized carbons (Fsp3) is 0.550. The number of nitro groups is 1. The van der Waals surface area contributed by atoms with Gasteiger partial charge in [-0.15, -0.1) is 0 Å². The molecule has 1 fully saturated rings. The summed E-state index contributed by atoms with van der Waals surface area (Å²) in [6.07, 6.45) is 0.661. The molecule has 2 rings (SSSR count). The van der Waals surface area contributed by atoms with Crippen molar-refractivity contribution in [3.63, 3.8) is 0 Å². The average Bonchev–Trinajstić information content (AvgIpc) is 2.71. The zero-order valence-electron chi connectivity index (χ0n) is 18.0. The number of carbonyl (C=O) groups excluding carboxylic acids is 3. The van der Waals surface area contributed by atoms with Crippen LogP contribution in [0, 0.1) is 16.0 Å². The molecule has 0 bridgehead atoms. The summed E-state index contributed by atoms with van der Waals surface area (Å²) in [4.78, 5) is 48.4. The number of nitrogens with zero attached hydrogens (tertiary/aromatic N) is 2. The lowest BCUT2D eigenvalue weighted by Gasteiger charge is -2.33. The Balaban J connectivity index is 1.88. The number of esters is 1. The molecule has 0 aliphatic carbocycles. The lowest BCUT2D eigenvalue weighted by Crippen LogP contribution is -2.45. The standard InChI is InChI=1S/C20H27N3O8/c1-20(2,3)31-19(26)22-9-5-6-13(11-22)18(25)30-12-17(24)21-15-8-7-14(23(27)28)10-16(15)29-4/h7-8,10,13H,5-6,9,11-12H2,1-4H3,(H,21,24). The van der Waals surface area contributed by atoms with E-state index in [-0.39, 0.29) is 23.7 Å². The first-order chi connectivity index (χ1) is 14.5. The number of anilines is 1. The van der Waals surface area contributed by atoms with Gasteiger partial charge >= 0.3 is 12.1 Å². The molecule has 1 N–H and O–H groups in total. The van der Waals surface area contributed by atoms with E-state index in [0.717, 1.165) is 0 Å². The second kappa shape index (κ2) is 10.1. The van der Waals surface area contributed by atoms with Gasteiger partial charge in [0.05, 0.1) is 29.7 Å². The molecule has 0 spiro atoms. The highest BCUT2D eigenvalue weighted by Crippen LogP contribution is 2.29. The summed E-state index contributed by atoms with van der Waals surface area (Å²) in [5, 5.41) is 13.3. The van der Waals surface area contributed by atoms with Crippen molar-refractivity contribution in [1.29, 1.82) is 0 Å². The molecule has 1 aromatic carbocycles. The van der Waals surface area contributed by atoms with Crippen LogP contribution in [0.2, 0.25) is 0 Å². The van der Waals surface area contributed by atoms with E-state index in [4.69, 9.17) is 14.2 Å². The highest BCUT2D eigenvalue weighted by atomic mass is 16.6. The number of likely N-dealkylation sites (tertiary alicyclic amines) is 1. The maximum atomic E-state index is 12.4. The molecule has 170 valence electrons. The molecule has 1 heterocycles. The monoisotopic (exact) mass is 437 g/mol. The SMILES string of the molecule is COc1cc([N+](=O)[O-])ccc1NC(=O)COC(=O)C1CCCN(C(=O)OC(C)(C)C)C1. The van der Waals surface area contributed by atoms with E-state index in [9.17, 15) is 24.5 Å². The molecule has 1 unspecified atom stereocenters. The second-order valence-electron chi connectivity index (χ2n) is 8.06. The Morgan fingerprint density at radius 2 is 2.00 bits per heavy atom. The smallest absolute Gasteiger partial charge is 0.410 e. The van der Waals surface area contributed by atoms with Crippen LogP contribution in [0.15, 0.2) is 18.2 Å². The summed E-state index contributed by atoms with van der Waals surface area (Å²) in [7, 11) is 1.31. The molecule has 0 saturated carbocycles. The van der Waals surface area contributed by atoms with Crippen molar-refractivity contribution in [2.75, 3.05) is 32.1 Å². The first-order valence-corrected chi connectivity index (χ1v) is 9.77. The molecule has 11 heteroatoms. The quantitative estimate of drug-likeness (QED) is 0.407. The van der Waals surface area contributed by atoms with Gasteiger partial charge in [-0.2, -0.15) is 0 Å². The summed E-state index contributed by atoms with van der Waals surface area (Å²) < 4.78 is 15.5. The van der Waals surface area contributed by atoms with Crippen molar-refractivity contribution in [1.82, 2.24) is 4.90 Å². The van der Waals surface area contributed by atoms with Crippen LogP contribution in [0.1, 0.15) is 33.6 Å². The van der Waals surface area contributed by atoms with Gasteiger partial charge in [0.15, 0.2) is 6.61 Å². The number of hydrogen-bond donors (Lipinski definition) is 1. The Bertz CT molecular complexity index is 849. The van der Waals surface area contributed by atoms with E-state index in [1.807, 2.05) is 0 Å². The van der Waals surface area contributed by atoms with Gasteiger partial charge in [-0.05, 0) is 39.7 Å². The molecule has 31 heavy (non-hydrogen) atoms. The van der Waals surface area contributed by atoms with E-state index in [1.165, 1.54) is 30.2 Å². The van der Waals surface area contributed by atoms with Crippen LogP contribution in [0.3, 0.4) is 0 Å². The highest BCUT2D eigenvalue weighted by molar-refractivity contribution is 5.94. The molecule has 11 nitrogen and oxygen atoms in total. The molecular weight excluding hydrogens is 410 g/mol. The van der Waals surface area contributed by atoms with Crippen LogP contribution in [-0.4, -0.2) is 60.2 Å². The summed E-state index contributed by atoms with van der Waals surface area (Å²) in [6.45, 7) is 5.39.